The number of nitrogens with zero attached hydrogens (tertiary/aromatic N) is 4. The standard InChI is InChI=1S/C16H14FN5O2S/c1-21-16(24)22(20-19-21)13-6-4-12(5-7-13)18-15(23)10-25-14-8-2-11(17)3-9-14/h2-9H,10H2,1H3,(H,18,23). The first-order valence-electron chi connectivity index (χ1n) is 7.30. The molecule has 1 amide bonds. The zero-order valence-corrected chi connectivity index (χ0v) is 14.0. The monoisotopic (exact) mass is 359 g/mol. The molecule has 1 aromatic heterocycles. The van der Waals surface area contributed by atoms with Crippen molar-refractivity contribution in [1.29, 1.82) is 0 Å². The van der Waals surface area contributed by atoms with Crippen LogP contribution in [0.15, 0.2) is 58.2 Å². The van der Waals surface area contributed by atoms with E-state index in [1.54, 1.807) is 36.4 Å². The van der Waals surface area contributed by atoms with Crippen LogP contribution >= 0.6 is 11.8 Å². The zero-order chi connectivity index (χ0) is 17.8. The number of halogens is 1. The number of hydrogen-bond donors (Lipinski definition) is 1. The van der Waals surface area contributed by atoms with Crippen molar-refractivity contribution < 1.29 is 9.18 Å². The molecule has 0 bridgehead atoms. The van der Waals surface area contributed by atoms with E-state index in [-0.39, 0.29) is 23.2 Å². The quantitative estimate of drug-likeness (QED) is 0.703. The van der Waals surface area contributed by atoms with Crippen molar-refractivity contribution in [1.82, 2.24) is 19.8 Å². The van der Waals surface area contributed by atoms with Crippen LogP contribution in [-0.4, -0.2) is 31.5 Å². The number of aromatic nitrogens is 4. The Morgan fingerprint density at radius 2 is 1.80 bits per heavy atom. The van der Waals surface area contributed by atoms with Crippen molar-refractivity contribution in [3.8, 4) is 5.69 Å². The lowest BCUT2D eigenvalue weighted by molar-refractivity contribution is -0.113. The number of rotatable bonds is 5. The number of benzene rings is 2. The van der Waals surface area contributed by atoms with Gasteiger partial charge < -0.3 is 5.32 Å². The minimum atomic E-state index is -0.354. The van der Waals surface area contributed by atoms with Gasteiger partial charge in [0.05, 0.1) is 11.4 Å². The average molecular weight is 359 g/mol. The topological polar surface area (TPSA) is 81.8 Å². The van der Waals surface area contributed by atoms with Crippen LogP contribution in [0.4, 0.5) is 10.1 Å². The van der Waals surface area contributed by atoms with Gasteiger partial charge in [0.15, 0.2) is 0 Å². The molecule has 0 aliphatic heterocycles. The number of thioether (sulfide) groups is 1. The molecule has 0 fully saturated rings. The van der Waals surface area contributed by atoms with Gasteiger partial charge in [-0.1, -0.05) is 0 Å². The van der Waals surface area contributed by atoms with E-state index in [1.807, 2.05) is 0 Å². The molecular formula is C16H14FN5O2S. The second kappa shape index (κ2) is 7.31. The predicted octanol–water partition coefficient (Wildman–Crippen LogP) is 1.84. The van der Waals surface area contributed by atoms with E-state index < -0.39 is 0 Å². The Hall–Kier alpha value is -2.94. The Morgan fingerprint density at radius 1 is 1.12 bits per heavy atom. The third-order valence-electron chi connectivity index (χ3n) is 3.30. The molecule has 0 aliphatic rings. The highest BCUT2D eigenvalue weighted by atomic mass is 32.2. The fourth-order valence-electron chi connectivity index (χ4n) is 2.04. The van der Waals surface area contributed by atoms with Crippen molar-refractivity contribution in [2.45, 2.75) is 4.90 Å². The number of tetrazole rings is 1. The summed E-state index contributed by atoms with van der Waals surface area (Å²) in [4.78, 5) is 24.6. The van der Waals surface area contributed by atoms with E-state index in [4.69, 9.17) is 0 Å². The highest BCUT2D eigenvalue weighted by Gasteiger charge is 2.07. The highest BCUT2D eigenvalue weighted by molar-refractivity contribution is 8.00. The van der Waals surface area contributed by atoms with Crippen LogP contribution in [0.1, 0.15) is 0 Å². The van der Waals surface area contributed by atoms with Crippen molar-refractivity contribution in [2.24, 2.45) is 7.05 Å². The molecule has 0 unspecified atom stereocenters. The molecule has 3 rings (SSSR count). The van der Waals surface area contributed by atoms with Gasteiger partial charge in [-0.3, -0.25) is 4.79 Å². The van der Waals surface area contributed by atoms with Gasteiger partial charge in [0, 0.05) is 17.6 Å². The molecule has 0 aliphatic carbocycles. The third kappa shape index (κ3) is 4.13. The molecule has 0 radical (unpaired) electrons. The van der Waals surface area contributed by atoms with Crippen LogP contribution in [0.25, 0.3) is 5.69 Å². The molecule has 0 atom stereocenters. The van der Waals surface area contributed by atoms with Crippen molar-refractivity contribution >= 4 is 23.4 Å². The maximum atomic E-state index is 12.8. The number of carbonyl (C=O) groups is 1. The largest absolute Gasteiger partial charge is 0.368 e. The van der Waals surface area contributed by atoms with Crippen LogP contribution in [-0.2, 0) is 11.8 Å². The summed E-state index contributed by atoms with van der Waals surface area (Å²) in [5.74, 6) is -0.286. The Morgan fingerprint density at radius 3 is 2.40 bits per heavy atom. The van der Waals surface area contributed by atoms with Gasteiger partial charge >= 0.3 is 5.69 Å². The van der Waals surface area contributed by atoms with Crippen LogP contribution in [0.5, 0.6) is 0 Å². The van der Waals surface area contributed by atoms with E-state index in [9.17, 15) is 14.0 Å². The number of aryl methyl sites for hydroxylation is 1. The summed E-state index contributed by atoms with van der Waals surface area (Å²) in [5.41, 5.74) is 0.801. The molecule has 25 heavy (non-hydrogen) atoms. The second-order valence-electron chi connectivity index (χ2n) is 5.13. The number of carbonyl (C=O) groups excluding carboxylic acids is 1. The molecule has 9 heteroatoms. The van der Waals surface area contributed by atoms with Gasteiger partial charge in [-0.05, 0) is 59.0 Å². The molecule has 1 heterocycles. The summed E-state index contributed by atoms with van der Waals surface area (Å²) in [5, 5.41) is 10.1. The van der Waals surface area contributed by atoms with Crippen molar-refractivity contribution in [3.63, 3.8) is 0 Å². The smallest absolute Gasteiger partial charge is 0.325 e. The Labute approximate surface area is 146 Å². The SMILES string of the molecule is Cn1nnn(-c2ccc(NC(=O)CSc3ccc(F)cc3)cc2)c1=O. The van der Waals surface area contributed by atoms with E-state index in [0.717, 1.165) is 14.3 Å². The maximum absolute atomic E-state index is 12.8. The first-order valence-corrected chi connectivity index (χ1v) is 8.29. The first-order chi connectivity index (χ1) is 12.0. The molecule has 7 nitrogen and oxygen atoms in total. The fourth-order valence-corrected chi connectivity index (χ4v) is 2.74. The molecule has 1 N–H and O–H groups in total. The Kier molecular flexibility index (Phi) is 4.94. The Bertz CT molecular complexity index is 934. The van der Waals surface area contributed by atoms with Gasteiger partial charge in [-0.15, -0.1) is 11.8 Å². The minimum absolute atomic E-state index is 0.182. The summed E-state index contributed by atoms with van der Waals surface area (Å²) in [6, 6.07) is 12.6. The maximum Gasteiger partial charge on any atom is 0.368 e. The highest BCUT2D eigenvalue weighted by Crippen LogP contribution is 2.18. The first kappa shape index (κ1) is 16.9. The van der Waals surface area contributed by atoms with Crippen molar-refractivity contribution in [3.05, 3.63) is 64.8 Å². The van der Waals surface area contributed by atoms with Gasteiger partial charge in [-0.25, -0.2) is 9.18 Å². The number of hydrogen-bond acceptors (Lipinski definition) is 5. The van der Waals surface area contributed by atoms with Crippen molar-refractivity contribution in [2.75, 3.05) is 11.1 Å². The number of nitrogens with one attached hydrogen (secondary N) is 1. The number of anilines is 1. The lowest BCUT2D eigenvalue weighted by Gasteiger charge is -2.06. The summed E-state index contributed by atoms with van der Waals surface area (Å²) in [6.07, 6.45) is 0. The Balaban J connectivity index is 1.59. The van der Waals surface area contributed by atoms with Crippen LogP contribution < -0.4 is 11.0 Å². The van der Waals surface area contributed by atoms with E-state index >= 15 is 0 Å². The minimum Gasteiger partial charge on any atom is -0.325 e. The van der Waals surface area contributed by atoms with Gasteiger partial charge in [0.2, 0.25) is 5.91 Å². The normalized spacial score (nSPS) is 10.6. The molecule has 0 saturated carbocycles. The molecule has 0 saturated heterocycles. The van der Waals surface area contributed by atoms with Gasteiger partial charge in [0.1, 0.15) is 5.82 Å². The van der Waals surface area contributed by atoms with Crippen LogP contribution in [0, 0.1) is 5.82 Å². The molecular weight excluding hydrogens is 345 g/mol. The molecule has 0 spiro atoms. The molecule has 3 aromatic rings. The van der Waals surface area contributed by atoms with E-state index in [2.05, 4.69) is 15.7 Å². The lowest BCUT2D eigenvalue weighted by Crippen LogP contribution is -2.21. The summed E-state index contributed by atoms with van der Waals surface area (Å²) >= 11 is 1.32. The summed E-state index contributed by atoms with van der Waals surface area (Å²) in [7, 11) is 1.51. The van der Waals surface area contributed by atoms with Gasteiger partial charge in [0.25, 0.3) is 0 Å². The van der Waals surface area contributed by atoms with Crippen LogP contribution in [0.2, 0.25) is 0 Å². The average Bonchev–Trinajstić information content (AvgIpc) is 2.94. The summed E-state index contributed by atoms with van der Waals surface area (Å²) in [6.45, 7) is 0. The van der Waals surface area contributed by atoms with Gasteiger partial charge in [-0.2, -0.15) is 9.36 Å². The zero-order valence-electron chi connectivity index (χ0n) is 13.2. The lowest BCUT2D eigenvalue weighted by atomic mass is 10.3. The molecule has 128 valence electrons. The third-order valence-corrected chi connectivity index (χ3v) is 4.31. The van der Waals surface area contributed by atoms with E-state index in [0.29, 0.717) is 11.4 Å². The van der Waals surface area contributed by atoms with Crippen LogP contribution in [0.3, 0.4) is 0 Å². The second-order valence-corrected chi connectivity index (χ2v) is 6.18. The fraction of sp³-hybridized carbons (Fsp3) is 0.125. The predicted molar refractivity (Wildman–Crippen MR) is 92.4 cm³/mol. The number of amides is 1. The molecule has 2 aromatic carbocycles. The summed E-state index contributed by atoms with van der Waals surface area (Å²) < 4.78 is 15.1. The van der Waals surface area contributed by atoms with E-state index in [1.165, 1.54) is 30.9 Å².